The number of H-pyrrole nitrogens is 1. The molecule has 56 valence electrons. The Morgan fingerprint density at radius 3 is 2.30 bits per heavy atom. The quantitative estimate of drug-likeness (QED) is 0.712. The number of aromatic nitrogens is 2. The molecule has 1 aromatic heterocycles. The molecule has 1 N–H and O–H groups in total. The maximum absolute atomic E-state index is 11.8. The number of hydrogen-bond donors (Lipinski definition) is 1. The second-order valence-electron chi connectivity index (χ2n) is 1.60. The minimum absolute atomic E-state index is 0.0186. The zero-order valence-corrected chi connectivity index (χ0v) is 6.69. The van der Waals surface area contributed by atoms with Gasteiger partial charge in [-0.25, -0.2) is 0 Å². The summed E-state index contributed by atoms with van der Waals surface area (Å²) in [5, 5.41) is 5.43. The van der Waals surface area contributed by atoms with E-state index in [4.69, 9.17) is 0 Å². The van der Waals surface area contributed by atoms with Gasteiger partial charge in [0.15, 0.2) is 0 Å². The zero-order valence-electron chi connectivity index (χ0n) is 4.54. The van der Waals surface area contributed by atoms with E-state index in [0.29, 0.717) is 0 Å². The van der Waals surface area contributed by atoms with Gasteiger partial charge in [-0.3, -0.25) is 5.10 Å². The Morgan fingerprint density at radius 1 is 1.50 bits per heavy atom. The molecule has 0 aliphatic rings. The van der Waals surface area contributed by atoms with Crippen LogP contribution >= 0.6 is 22.6 Å². The molecule has 1 aromatic rings. The van der Waals surface area contributed by atoms with Gasteiger partial charge in [0.25, 0.3) is 0 Å². The molecule has 0 amide bonds. The van der Waals surface area contributed by atoms with Crippen molar-refractivity contribution in [3.63, 3.8) is 0 Å². The Kier molecular flexibility index (Phi) is 1.88. The van der Waals surface area contributed by atoms with Crippen LogP contribution in [0.25, 0.3) is 0 Å². The van der Waals surface area contributed by atoms with Crippen molar-refractivity contribution >= 4 is 22.6 Å². The monoisotopic (exact) mass is 262 g/mol. The van der Waals surface area contributed by atoms with Gasteiger partial charge in [-0.2, -0.15) is 18.3 Å². The number of hydrogen-bond acceptors (Lipinski definition) is 1. The third-order valence-electron chi connectivity index (χ3n) is 0.898. The highest BCUT2D eigenvalue weighted by Gasteiger charge is 2.34. The van der Waals surface area contributed by atoms with Gasteiger partial charge in [0, 0.05) is 0 Å². The average molecular weight is 262 g/mol. The lowest BCUT2D eigenvalue weighted by Crippen LogP contribution is -2.04. The molecule has 0 bridgehead atoms. The molecule has 6 heteroatoms. The fourth-order valence-electron chi connectivity index (χ4n) is 0.468. The van der Waals surface area contributed by atoms with E-state index < -0.39 is 11.7 Å². The molecule has 0 aromatic carbocycles. The van der Waals surface area contributed by atoms with Gasteiger partial charge in [-0.1, -0.05) is 0 Å². The molecule has 1 rings (SSSR count). The lowest BCUT2D eigenvalue weighted by Gasteiger charge is -2.01. The molecular weight excluding hydrogens is 260 g/mol. The van der Waals surface area contributed by atoms with Gasteiger partial charge in [0.05, 0.1) is 6.20 Å². The lowest BCUT2D eigenvalue weighted by atomic mass is 10.4. The number of aromatic amines is 1. The minimum atomic E-state index is -4.29. The topological polar surface area (TPSA) is 28.7 Å². The summed E-state index contributed by atoms with van der Waals surface area (Å²) in [6, 6.07) is 0. The van der Waals surface area contributed by atoms with Crippen LogP contribution in [-0.2, 0) is 6.18 Å². The van der Waals surface area contributed by atoms with E-state index in [-0.39, 0.29) is 3.70 Å². The maximum Gasteiger partial charge on any atom is 0.420 e. The van der Waals surface area contributed by atoms with Crippen molar-refractivity contribution < 1.29 is 13.2 Å². The molecule has 2 nitrogen and oxygen atoms in total. The van der Waals surface area contributed by atoms with Gasteiger partial charge >= 0.3 is 6.18 Å². The fourth-order valence-corrected chi connectivity index (χ4v) is 1.05. The first-order valence-corrected chi connectivity index (χ1v) is 3.36. The molecule has 0 saturated heterocycles. The highest BCUT2D eigenvalue weighted by molar-refractivity contribution is 14.1. The Balaban J connectivity index is 3.05. The summed E-state index contributed by atoms with van der Waals surface area (Å²) in [6.45, 7) is 0. The van der Waals surface area contributed by atoms with Crippen LogP contribution in [0, 0.1) is 3.70 Å². The van der Waals surface area contributed by atoms with Crippen LogP contribution in [0.15, 0.2) is 6.20 Å². The molecule has 0 saturated carbocycles. The van der Waals surface area contributed by atoms with Crippen LogP contribution in [0.1, 0.15) is 5.56 Å². The summed E-state index contributed by atoms with van der Waals surface area (Å²) in [4.78, 5) is 0. The molecular formula is C4H2F3IN2. The highest BCUT2D eigenvalue weighted by Crippen LogP contribution is 2.31. The minimum Gasteiger partial charge on any atom is -0.272 e. The first kappa shape index (κ1) is 7.83. The second kappa shape index (κ2) is 2.40. The van der Waals surface area contributed by atoms with E-state index in [1.165, 1.54) is 0 Å². The maximum atomic E-state index is 11.8. The van der Waals surface area contributed by atoms with Gasteiger partial charge in [0.2, 0.25) is 0 Å². The first-order valence-electron chi connectivity index (χ1n) is 2.28. The van der Waals surface area contributed by atoms with Crippen LogP contribution in [-0.4, -0.2) is 10.2 Å². The van der Waals surface area contributed by atoms with E-state index in [9.17, 15) is 13.2 Å². The van der Waals surface area contributed by atoms with E-state index in [2.05, 4.69) is 10.2 Å². The third kappa shape index (κ3) is 1.41. The van der Waals surface area contributed by atoms with Crippen molar-refractivity contribution in [1.82, 2.24) is 10.2 Å². The van der Waals surface area contributed by atoms with Crippen LogP contribution < -0.4 is 0 Å². The smallest absolute Gasteiger partial charge is 0.272 e. The third-order valence-corrected chi connectivity index (χ3v) is 1.72. The first-order chi connectivity index (χ1) is 4.52. The molecule has 0 radical (unpaired) electrons. The van der Waals surface area contributed by atoms with Gasteiger partial charge in [-0.15, -0.1) is 0 Å². The van der Waals surface area contributed by atoms with Gasteiger partial charge < -0.3 is 0 Å². The predicted octanol–water partition coefficient (Wildman–Crippen LogP) is 2.03. The molecule has 0 aliphatic heterocycles. The van der Waals surface area contributed by atoms with Crippen LogP contribution in [0.3, 0.4) is 0 Å². The van der Waals surface area contributed by atoms with Crippen molar-refractivity contribution in [1.29, 1.82) is 0 Å². The summed E-state index contributed by atoms with van der Waals surface area (Å²) < 4.78 is 35.5. The lowest BCUT2D eigenvalue weighted by molar-refractivity contribution is -0.138. The standard InChI is InChI=1S/C4H2F3IN2/c5-4(6,7)2-1-9-10-3(2)8/h1H,(H,9,10). The van der Waals surface area contributed by atoms with Crippen molar-refractivity contribution in [2.75, 3.05) is 0 Å². The SMILES string of the molecule is FC(F)(F)c1cn[nH]c1I. The molecule has 1 heterocycles. The number of nitrogens with one attached hydrogen (secondary N) is 1. The van der Waals surface area contributed by atoms with E-state index in [0.717, 1.165) is 6.20 Å². The number of halogens is 4. The molecule has 0 atom stereocenters. The summed E-state index contributed by atoms with van der Waals surface area (Å²) in [5.74, 6) is 0. The molecule has 0 aliphatic carbocycles. The number of rotatable bonds is 0. The van der Waals surface area contributed by atoms with Crippen molar-refractivity contribution in [3.05, 3.63) is 15.5 Å². The van der Waals surface area contributed by atoms with E-state index >= 15 is 0 Å². The van der Waals surface area contributed by atoms with E-state index in [1.54, 1.807) is 22.6 Å². The summed E-state index contributed by atoms with van der Waals surface area (Å²) in [6.07, 6.45) is -3.52. The van der Waals surface area contributed by atoms with E-state index in [1.807, 2.05) is 0 Å². The predicted molar refractivity (Wildman–Crippen MR) is 36.3 cm³/mol. The number of alkyl halides is 3. The summed E-state index contributed by atoms with van der Waals surface area (Å²) >= 11 is 1.54. The average Bonchev–Trinajstić information content (AvgIpc) is 2.11. The second-order valence-corrected chi connectivity index (χ2v) is 2.67. The van der Waals surface area contributed by atoms with Crippen LogP contribution in [0.2, 0.25) is 0 Å². The van der Waals surface area contributed by atoms with Gasteiger partial charge in [0.1, 0.15) is 9.26 Å². The summed E-state index contributed by atoms with van der Waals surface area (Å²) in [5.41, 5.74) is -0.715. The van der Waals surface area contributed by atoms with Crippen LogP contribution in [0.5, 0.6) is 0 Å². The Labute approximate surface area is 68.0 Å². The Morgan fingerprint density at radius 2 is 2.10 bits per heavy atom. The number of nitrogens with zero attached hydrogens (tertiary/aromatic N) is 1. The summed E-state index contributed by atoms with van der Waals surface area (Å²) in [7, 11) is 0. The molecule has 0 unspecified atom stereocenters. The Bertz CT molecular complexity index is 229. The molecule has 0 spiro atoms. The largest absolute Gasteiger partial charge is 0.420 e. The van der Waals surface area contributed by atoms with Crippen LogP contribution in [0.4, 0.5) is 13.2 Å². The Hall–Kier alpha value is -0.270. The van der Waals surface area contributed by atoms with Crippen molar-refractivity contribution in [2.45, 2.75) is 6.18 Å². The van der Waals surface area contributed by atoms with Gasteiger partial charge in [-0.05, 0) is 22.6 Å². The fraction of sp³-hybridized carbons (Fsp3) is 0.250. The highest BCUT2D eigenvalue weighted by atomic mass is 127. The zero-order chi connectivity index (χ0) is 7.78. The normalized spacial score (nSPS) is 12.0. The molecule has 10 heavy (non-hydrogen) atoms. The van der Waals surface area contributed by atoms with Crippen molar-refractivity contribution in [3.8, 4) is 0 Å². The van der Waals surface area contributed by atoms with Crippen molar-refractivity contribution in [2.24, 2.45) is 0 Å². The molecule has 0 fully saturated rings.